The highest BCUT2D eigenvalue weighted by atomic mass is 32.2. The van der Waals surface area contributed by atoms with Gasteiger partial charge in [0.05, 0.1) is 4.90 Å². The topological polar surface area (TPSA) is 34.1 Å². The first-order chi connectivity index (χ1) is 11.9. The van der Waals surface area contributed by atoms with E-state index >= 15 is 0 Å². The summed E-state index contributed by atoms with van der Waals surface area (Å²) in [6, 6.07) is 0. The predicted octanol–water partition coefficient (Wildman–Crippen LogP) is 4.49. The number of halogens is 9. The first-order valence-electron chi connectivity index (χ1n) is 6.05. The van der Waals surface area contributed by atoms with Crippen molar-refractivity contribution >= 4 is 21.6 Å². The van der Waals surface area contributed by atoms with Crippen LogP contribution in [-0.4, -0.2) is 14.7 Å². The van der Waals surface area contributed by atoms with Crippen molar-refractivity contribution in [1.82, 2.24) is 0 Å². The van der Waals surface area contributed by atoms with Crippen LogP contribution >= 0.6 is 11.8 Å². The Bertz CT molecular complexity index is 977. The third-order valence-corrected chi connectivity index (χ3v) is 5.65. The minimum absolute atomic E-state index is 0.136. The van der Waals surface area contributed by atoms with E-state index in [1.165, 1.54) is 0 Å². The van der Waals surface area contributed by atoms with E-state index in [-0.39, 0.29) is 11.8 Å². The van der Waals surface area contributed by atoms with Gasteiger partial charge in [-0.05, 0) is 6.26 Å². The van der Waals surface area contributed by atoms with Gasteiger partial charge in [-0.1, -0.05) is 0 Å². The van der Waals surface area contributed by atoms with Gasteiger partial charge >= 0.3 is 0 Å². The Hall–Kier alpha value is -1.89. The second-order valence-corrected chi connectivity index (χ2v) is 7.16. The number of rotatable bonds is 3. The van der Waals surface area contributed by atoms with Crippen molar-refractivity contribution in [3.05, 3.63) is 52.4 Å². The van der Waals surface area contributed by atoms with Crippen LogP contribution in [0.5, 0.6) is 0 Å². The highest BCUT2D eigenvalue weighted by molar-refractivity contribution is 7.98. The lowest BCUT2D eigenvalue weighted by molar-refractivity contribution is 0.356. The monoisotopic (exact) mass is 426 g/mol. The number of benzene rings is 2. The van der Waals surface area contributed by atoms with E-state index < -0.39 is 76.9 Å². The summed E-state index contributed by atoms with van der Waals surface area (Å²) in [6.07, 6.45) is 0.971. The molecule has 0 bridgehead atoms. The van der Waals surface area contributed by atoms with Gasteiger partial charge in [-0.25, -0.2) is 47.9 Å². The third kappa shape index (κ3) is 2.73. The fourth-order valence-corrected chi connectivity index (χ4v) is 3.97. The molecule has 142 valence electrons. The lowest BCUT2D eigenvalue weighted by Crippen LogP contribution is -2.17. The third-order valence-electron chi connectivity index (χ3n) is 3.09. The molecule has 2 rings (SSSR count). The standard InChI is InChI=1S/C13H3F9O2S2/c1-25-11-5(17)9(21)13(10(22)6(11)18)26(23,24)12-7(19)3(15)2(14)4(16)8(12)20/h1H3. The lowest BCUT2D eigenvalue weighted by atomic mass is 10.3. The summed E-state index contributed by atoms with van der Waals surface area (Å²) in [5.74, 6) is -23.7. The van der Waals surface area contributed by atoms with Crippen LogP contribution in [0.1, 0.15) is 0 Å². The van der Waals surface area contributed by atoms with E-state index in [4.69, 9.17) is 0 Å². The van der Waals surface area contributed by atoms with Crippen molar-refractivity contribution in [3.8, 4) is 0 Å². The maximum absolute atomic E-state index is 13.9. The molecular formula is C13H3F9O2S2. The Kier molecular flexibility index (Phi) is 5.25. The summed E-state index contributed by atoms with van der Waals surface area (Å²) in [7, 11) is -6.23. The molecule has 0 N–H and O–H groups in total. The zero-order valence-corrected chi connectivity index (χ0v) is 13.7. The largest absolute Gasteiger partial charge is 0.218 e. The fraction of sp³-hybridized carbons (Fsp3) is 0.0769. The Labute approximate surface area is 143 Å². The van der Waals surface area contributed by atoms with Crippen LogP contribution in [0.15, 0.2) is 14.7 Å². The molecule has 0 saturated heterocycles. The van der Waals surface area contributed by atoms with Crippen LogP contribution in [0.25, 0.3) is 0 Å². The van der Waals surface area contributed by atoms with Gasteiger partial charge in [0.2, 0.25) is 15.7 Å². The zero-order chi connectivity index (χ0) is 20.1. The van der Waals surface area contributed by atoms with Crippen LogP contribution in [0, 0.1) is 52.4 Å². The maximum atomic E-state index is 13.9. The van der Waals surface area contributed by atoms with Crippen LogP contribution in [-0.2, 0) is 9.84 Å². The van der Waals surface area contributed by atoms with Crippen LogP contribution in [0.3, 0.4) is 0 Å². The molecule has 0 aliphatic heterocycles. The first-order valence-corrected chi connectivity index (χ1v) is 8.76. The molecule has 2 aromatic rings. The number of sulfone groups is 1. The molecule has 2 nitrogen and oxygen atoms in total. The molecular weight excluding hydrogens is 423 g/mol. The second kappa shape index (κ2) is 6.68. The highest BCUT2D eigenvalue weighted by Crippen LogP contribution is 2.37. The van der Waals surface area contributed by atoms with Gasteiger partial charge in [0.15, 0.2) is 46.5 Å². The van der Waals surface area contributed by atoms with Crippen molar-refractivity contribution in [2.45, 2.75) is 14.7 Å². The quantitative estimate of drug-likeness (QED) is 0.239. The molecule has 0 aliphatic carbocycles. The van der Waals surface area contributed by atoms with Gasteiger partial charge in [0.1, 0.15) is 9.79 Å². The average molecular weight is 426 g/mol. The lowest BCUT2D eigenvalue weighted by Gasteiger charge is -2.13. The van der Waals surface area contributed by atoms with E-state index in [0.29, 0.717) is 0 Å². The van der Waals surface area contributed by atoms with E-state index in [9.17, 15) is 47.9 Å². The van der Waals surface area contributed by atoms with Crippen LogP contribution in [0.2, 0.25) is 0 Å². The minimum Gasteiger partial charge on any atom is -0.218 e. The van der Waals surface area contributed by atoms with Gasteiger partial charge in [0.25, 0.3) is 0 Å². The summed E-state index contributed by atoms with van der Waals surface area (Å²) < 4.78 is 146. The average Bonchev–Trinajstić information content (AvgIpc) is 2.57. The van der Waals surface area contributed by atoms with Crippen molar-refractivity contribution in [1.29, 1.82) is 0 Å². The van der Waals surface area contributed by atoms with Crippen molar-refractivity contribution in [3.63, 3.8) is 0 Å². The molecule has 26 heavy (non-hydrogen) atoms. The van der Waals surface area contributed by atoms with E-state index in [2.05, 4.69) is 0 Å². The summed E-state index contributed by atoms with van der Waals surface area (Å²) in [5.41, 5.74) is 0. The molecule has 13 heteroatoms. The van der Waals surface area contributed by atoms with Gasteiger partial charge in [-0.3, -0.25) is 0 Å². The van der Waals surface area contributed by atoms with E-state index in [1.807, 2.05) is 0 Å². The predicted molar refractivity (Wildman–Crippen MR) is 69.7 cm³/mol. The SMILES string of the molecule is CSc1c(F)c(F)c(S(=O)(=O)c2c(F)c(F)c(F)c(F)c2F)c(F)c1F. The van der Waals surface area contributed by atoms with E-state index in [1.54, 1.807) is 0 Å². The van der Waals surface area contributed by atoms with Gasteiger partial charge < -0.3 is 0 Å². The molecule has 0 aromatic heterocycles. The highest BCUT2D eigenvalue weighted by Gasteiger charge is 2.40. The molecule has 0 heterocycles. The van der Waals surface area contributed by atoms with Crippen LogP contribution < -0.4 is 0 Å². The van der Waals surface area contributed by atoms with Crippen molar-refractivity contribution < 1.29 is 47.9 Å². The Morgan fingerprint density at radius 1 is 0.538 bits per heavy atom. The molecule has 0 saturated carbocycles. The minimum atomic E-state index is -6.23. The Morgan fingerprint density at radius 3 is 1.12 bits per heavy atom. The molecule has 0 radical (unpaired) electrons. The van der Waals surface area contributed by atoms with Crippen LogP contribution in [0.4, 0.5) is 39.5 Å². The van der Waals surface area contributed by atoms with Gasteiger partial charge in [-0.15, -0.1) is 11.8 Å². The molecule has 0 fully saturated rings. The molecule has 2 aromatic carbocycles. The number of thioether (sulfide) groups is 1. The number of hydrogen-bond donors (Lipinski definition) is 0. The Morgan fingerprint density at radius 2 is 0.808 bits per heavy atom. The van der Waals surface area contributed by atoms with E-state index in [0.717, 1.165) is 6.26 Å². The summed E-state index contributed by atoms with van der Waals surface area (Å²) in [5, 5.41) is 0. The van der Waals surface area contributed by atoms with Gasteiger partial charge in [-0.2, -0.15) is 0 Å². The Balaban J connectivity index is 3.01. The molecule has 0 amide bonds. The normalized spacial score (nSPS) is 11.9. The second-order valence-electron chi connectivity index (χ2n) is 4.52. The summed E-state index contributed by atoms with van der Waals surface area (Å²) in [4.78, 5) is -6.48. The molecule has 0 spiro atoms. The molecule has 0 aliphatic rings. The van der Waals surface area contributed by atoms with Gasteiger partial charge in [0, 0.05) is 0 Å². The summed E-state index contributed by atoms with van der Waals surface area (Å²) in [6.45, 7) is 0. The smallest absolute Gasteiger partial charge is 0.218 e. The first kappa shape index (κ1) is 20.4. The zero-order valence-electron chi connectivity index (χ0n) is 12.0. The van der Waals surface area contributed by atoms with Crippen molar-refractivity contribution in [2.24, 2.45) is 0 Å². The molecule has 0 unspecified atom stereocenters. The summed E-state index contributed by atoms with van der Waals surface area (Å²) >= 11 is 0.136. The maximum Gasteiger partial charge on any atom is 0.218 e. The molecule has 0 atom stereocenters. The van der Waals surface area contributed by atoms with Crippen molar-refractivity contribution in [2.75, 3.05) is 6.26 Å². The number of hydrogen-bond acceptors (Lipinski definition) is 3. The fourth-order valence-electron chi connectivity index (χ4n) is 1.93.